The van der Waals surface area contributed by atoms with Crippen LogP contribution in [0.2, 0.25) is 0 Å². The van der Waals surface area contributed by atoms with Gasteiger partial charge in [-0.05, 0) is 43.4 Å². The molecular formula is C13H15NO2. The molecule has 0 fully saturated rings. The Labute approximate surface area is 95.2 Å². The molecule has 0 aliphatic heterocycles. The third-order valence-electron chi connectivity index (χ3n) is 3.32. The molecular weight excluding hydrogens is 202 g/mol. The molecule has 1 aromatic rings. The van der Waals surface area contributed by atoms with E-state index in [1.807, 2.05) is 25.1 Å². The van der Waals surface area contributed by atoms with Gasteiger partial charge in [0.1, 0.15) is 5.75 Å². The number of carbonyl (C=O) groups excluding carboxylic acids is 1. The molecule has 0 saturated heterocycles. The summed E-state index contributed by atoms with van der Waals surface area (Å²) in [4.78, 5) is 14.5. The number of nitrogens with zero attached hydrogens (tertiary/aromatic N) is 1. The predicted octanol–water partition coefficient (Wildman–Crippen LogP) is 2.58. The average Bonchev–Trinajstić information content (AvgIpc) is 2.29. The molecule has 1 unspecified atom stereocenters. The van der Waals surface area contributed by atoms with E-state index in [0.29, 0.717) is 0 Å². The van der Waals surface area contributed by atoms with E-state index in [-0.39, 0.29) is 0 Å². The van der Waals surface area contributed by atoms with Gasteiger partial charge in [0, 0.05) is 0 Å². The van der Waals surface area contributed by atoms with Gasteiger partial charge in [-0.3, -0.25) is 0 Å². The smallest absolute Gasteiger partial charge is 0.235 e. The monoisotopic (exact) mass is 217 g/mol. The minimum Gasteiger partial charge on any atom is -0.496 e. The minimum atomic E-state index is -0.427. The van der Waals surface area contributed by atoms with E-state index in [1.54, 1.807) is 13.2 Å². The van der Waals surface area contributed by atoms with Crippen LogP contribution in [-0.2, 0) is 16.8 Å². The first-order valence-corrected chi connectivity index (χ1v) is 5.46. The topological polar surface area (TPSA) is 38.7 Å². The van der Waals surface area contributed by atoms with E-state index >= 15 is 0 Å². The third-order valence-corrected chi connectivity index (χ3v) is 3.32. The maximum Gasteiger partial charge on any atom is 0.235 e. The van der Waals surface area contributed by atoms with Crippen molar-refractivity contribution in [3.63, 3.8) is 0 Å². The highest BCUT2D eigenvalue weighted by Crippen LogP contribution is 2.41. The summed E-state index contributed by atoms with van der Waals surface area (Å²) < 4.78 is 5.34. The number of fused-ring (bicyclic) bond motifs is 1. The fourth-order valence-electron chi connectivity index (χ4n) is 2.48. The number of benzene rings is 1. The minimum absolute atomic E-state index is 0.427. The van der Waals surface area contributed by atoms with E-state index in [1.165, 1.54) is 5.56 Å². The molecule has 1 aliphatic carbocycles. The van der Waals surface area contributed by atoms with Gasteiger partial charge in [-0.2, -0.15) is 4.99 Å². The number of ether oxygens (including phenoxy) is 1. The second-order valence-corrected chi connectivity index (χ2v) is 4.32. The van der Waals surface area contributed by atoms with Crippen LogP contribution in [0.4, 0.5) is 0 Å². The van der Waals surface area contributed by atoms with Gasteiger partial charge < -0.3 is 4.74 Å². The highest BCUT2D eigenvalue weighted by molar-refractivity contribution is 5.47. The molecule has 0 N–H and O–H groups in total. The number of methoxy groups -OCH3 is 1. The number of aliphatic imine (C=N–C) groups is 1. The third kappa shape index (κ3) is 1.63. The van der Waals surface area contributed by atoms with E-state index in [9.17, 15) is 4.79 Å². The Kier molecular flexibility index (Phi) is 2.80. The second-order valence-electron chi connectivity index (χ2n) is 4.32. The van der Waals surface area contributed by atoms with Crippen LogP contribution >= 0.6 is 0 Å². The van der Waals surface area contributed by atoms with Gasteiger partial charge in [0.2, 0.25) is 6.08 Å². The first-order chi connectivity index (χ1) is 7.71. The van der Waals surface area contributed by atoms with Crippen molar-refractivity contribution < 1.29 is 9.53 Å². The van der Waals surface area contributed by atoms with Crippen molar-refractivity contribution in [3.05, 3.63) is 29.3 Å². The number of isocyanates is 1. The molecule has 0 radical (unpaired) electrons. The summed E-state index contributed by atoms with van der Waals surface area (Å²) in [7, 11) is 1.67. The maximum atomic E-state index is 10.5. The highest BCUT2D eigenvalue weighted by atomic mass is 16.5. The summed E-state index contributed by atoms with van der Waals surface area (Å²) in [5.74, 6) is 0.893. The van der Waals surface area contributed by atoms with Gasteiger partial charge in [-0.1, -0.05) is 12.1 Å². The number of hydrogen-bond acceptors (Lipinski definition) is 3. The van der Waals surface area contributed by atoms with Crippen LogP contribution in [0.15, 0.2) is 23.2 Å². The summed E-state index contributed by atoms with van der Waals surface area (Å²) >= 11 is 0. The van der Waals surface area contributed by atoms with Crippen molar-refractivity contribution in [1.29, 1.82) is 0 Å². The summed E-state index contributed by atoms with van der Waals surface area (Å²) in [5.41, 5.74) is 1.85. The Hall–Kier alpha value is -1.60. The Morgan fingerprint density at radius 1 is 1.50 bits per heavy atom. The molecule has 1 aliphatic rings. The molecule has 0 aromatic heterocycles. The lowest BCUT2D eigenvalue weighted by Crippen LogP contribution is -2.25. The molecule has 3 nitrogen and oxygen atoms in total. The Morgan fingerprint density at radius 3 is 3.00 bits per heavy atom. The van der Waals surface area contributed by atoms with Crippen molar-refractivity contribution in [2.24, 2.45) is 4.99 Å². The fraction of sp³-hybridized carbons (Fsp3) is 0.462. The first kappa shape index (κ1) is 10.9. The van der Waals surface area contributed by atoms with Crippen LogP contribution in [0.1, 0.15) is 30.9 Å². The van der Waals surface area contributed by atoms with Crippen LogP contribution in [0.3, 0.4) is 0 Å². The van der Waals surface area contributed by atoms with E-state index in [2.05, 4.69) is 4.99 Å². The molecule has 16 heavy (non-hydrogen) atoms. The lowest BCUT2D eigenvalue weighted by molar-refractivity contribution is 0.377. The molecule has 1 atom stereocenters. The molecule has 84 valence electrons. The molecule has 3 heteroatoms. The molecule has 1 aromatic carbocycles. The molecule has 0 saturated carbocycles. The SMILES string of the molecule is COc1cccc2c1CCCC2(C)N=C=O. The Bertz CT molecular complexity index is 449. The zero-order chi connectivity index (χ0) is 11.6. The Balaban J connectivity index is 2.59. The number of rotatable bonds is 2. The van der Waals surface area contributed by atoms with E-state index in [0.717, 1.165) is 30.6 Å². The van der Waals surface area contributed by atoms with E-state index in [4.69, 9.17) is 4.74 Å². The average molecular weight is 217 g/mol. The van der Waals surface area contributed by atoms with Gasteiger partial charge >= 0.3 is 0 Å². The zero-order valence-corrected chi connectivity index (χ0v) is 9.62. The summed E-state index contributed by atoms with van der Waals surface area (Å²) in [5, 5.41) is 0. The highest BCUT2D eigenvalue weighted by Gasteiger charge is 2.33. The molecule has 0 amide bonds. The number of hydrogen-bond donors (Lipinski definition) is 0. The summed E-state index contributed by atoms with van der Waals surface area (Å²) in [6.45, 7) is 1.98. The van der Waals surface area contributed by atoms with Crippen LogP contribution in [0, 0.1) is 0 Å². The molecule has 0 heterocycles. The summed E-state index contributed by atoms with van der Waals surface area (Å²) in [6.07, 6.45) is 4.59. The van der Waals surface area contributed by atoms with Crippen LogP contribution in [-0.4, -0.2) is 13.2 Å². The van der Waals surface area contributed by atoms with Crippen LogP contribution in [0.25, 0.3) is 0 Å². The maximum absolute atomic E-state index is 10.5. The molecule has 2 rings (SSSR count). The molecule has 0 spiro atoms. The van der Waals surface area contributed by atoms with Crippen molar-refractivity contribution in [1.82, 2.24) is 0 Å². The lowest BCUT2D eigenvalue weighted by atomic mass is 9.78. The standard InChI is InChI=1S/C13H15NO2/c1-13(14-9-15)8-4-5-10-11(13)6-3-7-12(10)16-2/h3,6-7H,4-5,8H2,1-2H3. The second kappa shape index (κ2) is 4.11. The van der Waals surface area contributed by atoms with Gasteiger partial charge in [-0.15, -0.1) is 0 Å². The van der Waals surface area contributed by atoms with Gasteiger partial charge in [0.25, 0.3) is 0 Å². The van der Waals surface area contributed by atoms with Gasteiger partial charge in [-0.25, -0.2) is 4.79 Å². The quantitative estimate of drug-likeness (QED) is 0.564. The van der Waals surface area contributed by atoms with Gasteiger partial charge in [0.15, 0.2) is 0 Å². The van der Waals surface area contributed by atoms with Crippen molar-refractivity contribution in [3.8, 4) is 5.75 Å². The molecule has 0 bridgehead atoms. The fourth-order valence-corrected chi connectivity index (χ4v) is 2.48. The predicted molar refractivity (Wildman–Crippen MR) is 61.4 cm³/mol. The zero-order valence-electron chi connectivity index (χ0n) is 9.62. The lowest BCUT2D eigenvalue weighted by Gasteiger charge is -2.31. The van der Waals surface area contributed by atoms with Crippen molar-refractivity contribution in [2.45, 2.75) is 31.7 Å². The van der Waals surface area contributed by atoms with E-state index < -0.39 is 5.54 Å². The van der Waals surface area contributed by atoms with Crippen LogP contribution in [0.5, 0.6) is 5.75 Å². The normalized spacial score (nSPS) is 23.1. The van der Waals surface area contributed by atoms with Gasteiger partial charge in [0.05, 0.1) is 12.6 Å². The summed E-state index contributed by atoms with van der Waals surface area (Å²) in [6, 6.07) is 5.93. The largest absolute Gasteiger partial charge is 0.496 e. The first-order valence-electron chi connectivity index (χ1n) is 5.46. The van der Waals surface area contributed by atoms with Crippen molar-refractivity contribution in [2.75, 3.05) is 7.11 Å². The van der Waals surface area contributed by atoms with Crippen molar-refractivity contribution >= 4 is 6.08 Å². The Morgan fingerprint density at radius 2 is 2.31 bits per heavy atom. The van der Waals surface area contributed by atoms with Crippen LogP contribution < -0.4 is 4.74 Å².